The third kappa shape index (κ3) is 2.97. The van der Waals surface area contributed by atoms with Gasteiger partial charge in [-0.05, 0) is 24.8 Å². The summed E-state index contributed by atoms with van der Waals surface area (Å²) in [5.41, 5.74) is 0.154. The van der Waals surface area contributed by atoms with Gasteiger partial charge in [0, 0.05) is 24.5 Å². The fourth-order valence-electron chi connectivity index (χ4n) is 2.03. The number of aromatic nitrogens is 1. The Morgan fingerprint density at radius 2 is 2.12 bits per heavy atom. The molecule has 0 bridgehead atoms. The molecule has 0 atom stereocenters. The minimum atomic E-state index is -0.230. The van der Waals surface area contributed by atoms with E-state index < -0.39 is 0 Å². The van der Waals surface area contributed by atoms with E-state index in [0.29, 0.717) is 11.6 Å². The topological polar surface area (TPSA) is 53.2 Å². The van der Waals surface area contributed by atoms with Gasteiger partial charge in [-0.2, -0.15) is 0 Å². The largest absolute Gasteiger partial charge is 0.337 e. The molecule has 1 aliphatic rings. The maximum Gasteiger partial charge on any atom is 0.270 e. The normalized spacial score (nSPS) is 17.1. The van der Waals surface area contributed by atoms with E-state index >= 15 is 0 Å². The van der Waals surface area contributed by atoms with Crippen molar-refractivity contribution >= 4 is 21.8 Å². The summed E-state index contributed by atoms with van der Waals surface area (Å²) in [6.07, 6.45) is 2.04. The number of nitrogens with one attached hydrogen (secondary N) is 1. The number of rotatable bonds is 2. The van der Waals surface area contributed by atoms with Crippen molar-refractivity contribution in [3.8, 4) is 0 Å². The number of halogens is 1. The molecule has 1 amide bonds. The fourth-order valence-corrected chi connectivity index (χ4v) is 2.68. The number of carbonyl (C=O) groups is 1. The molecule has 1 N–H and O–H groups in total. The molecule has 0 saturated carbocycles. The summed E-state index contributed by atoms with van der Waals surface area (Å²) in [5.74, 6) is 0.588. The first-order valence-corrected chi connectivity index (χ1v) is 6.87. The number of nitrogens with zero attached hydrogens (tertiary/aromatic N) is 1. The number of H-pyrrole nitrogens is 1. The number of aromatic amines is 1. The van der Waals surface area contributed by atoms with Gasteiger partial charge in [-0.25, -0.2) is 0 Å². The van der Waals surface area contributed by atoms with Crippen LogP contribution >= 0.6 is 15.9 Å². The molecule has 0 aromatic carbocycles. The Balaban J connectivity index is 2.04. The highest BCUT2D eigenvalue weighted by Crippen LogP contribution is 2.19. The van der Waals surface area contributed by atoms with Crippen LogP contribution in [0.15, 0.2) is 23.0 Å². The maximum absolute atomic E-state index is 12.1. The molecule has 1 aliphatic heterocycles. The molecule has 1 aromatic heterocycles. The third-order valence-corrected chi connectivity index (χ3v) is 4.03. The quantitative estimate of drug-likeness (QED) is 0.844. The van der Waals surface area contributed by atoms with Gasteiger partial charge in [0.25, 0.3) is 5.91 Å². The first-order chi connectivity index (χ1) is 8.20. The molecule has 1 aromatic rings. The van der Waals surface area contributed by atoms with Crippen LogP contribution in [0, 0.1) is 5.92 Å². The lowest BCUT2D eigenvalue weighted by molar-refractivity contribution is 0.0693. The maximum atomic E-state index is 12.1. The van der Waals surface area contributed by atoms with Crippen LogP contribution in [-0.2, 0) is 0 Å². The van der Waals surface area contributed by atoms with E-state index in [4.69, 9.17) is 0 Å². The highest BCUT2D eigenvalue weighted by Gasteiger charge is 2.23. The zero-order valence-electron chi connectivity index (χ0n) is 9.49. The first kappa shape index (κ1) is 12.4. The molecular formula is C12H15BrN2O2. The smallest absolute Gasteiger partial charge is 0.270 e. The van der Waals surface area contributed by atoms with Crippen LogP contribution in [0.5, 0.6) is 0 Å². The zero-order chi connectivity index (χ0) is 12.3. The summed E-state index contributed by atoms with van der Waals surface area (Å²) < 4.78 is 0. The van der Waals surface area contributed by atoms with Gasteiger partial charge < -0.3 is 9.88 Å². The minimum absolute atomic E-state index is 0.0734. The van der Waals surface area contributed by atoms with E-state index in [-0.39, 0.29) is 11.5 Å². The zero-order valence-corrected chi connectivity index (χ0v) is 11.1. The minimum Gasteiger partial charge on any atom is -0.337 e. The molecule has 2 rings (SSSR count). The second-order valence-electron chi connectivity index (χ2n) is 4.32. The molecule has 0 radical (unpaired) electrons. The van der Waals surface area contributed by atoms with E-state index in [9.17, 15) is 9.59 Å². The number of carbonyl (C=O) groups excluding carboxylic acids is 1. The Morgan fingerprint density at radius 3 is 2.71 bits per heavy atom. The van der Waals surface area contributed by atoms with Crippen molar-refractivity contribution in [1.29, 1.82) is 0 Å². The predicted octanol–water partition coefficient (Wildman–Crippen LogP) is 1.62. The number of likely N-dealkylation sites (tertiary alicyclic amines) is 1. The molecule has 0 aliphatic carbocycles. The van der Waals surface area contributed by atoms with Crippen molar-refractivity contribution in [3.05, 3.63) is 34.2 Å². The average molecular weight is 299 g/mol. The van der Waals surface area contributed by atoms with Crippen molar-refractivity contribution < 1.29 is 4.79 Å². The summed E-state index contributed by atoms with van der Waals surface area (Å²) in [6.45, 7) is 1.54. The van der Waals surface area contributed by atoms with Gasteiger partial charge in [-0.1, -0.05) is 22.0 Å². The van der Waals surface area contributed by atoms with Crippen LogP contribution in [0.1, 0.15) is 23.3 Å². The van der Waals surface area contributed by atoms with Gasteiger partial charge in [0.1, 0.15) is 5.69 Å². The summed E-state index contributed by atoms with van der Waals surface area (Å²) in [4.78, 5) is 27.6. The monoisotopic (exact) mass is 298 g/mol. The Kier molecular flexibility index (Phi) is 3.99. The molecule has 92 valence electrons. The van der Waals surface area contributed by atoms with E-state index in [2.05, 4.69) is 20.9 Å². The molecule has 0 unspecified atom stereocenters. The van der Waals surface area contributed by atoms with Gasteiger partial charge >= 0.3 is 0 Å². The first-order valence-electron chi connectivity index (χ1n) is 5.75. The molecule has 2 heterocycles. The number of pyridine rings is 1. The van der Waals surface area contributed by atoms with Gasteiger partial charge in [-0.15, -0.1) is 0 Å². The SMILES string of the molecule is O=C(c1cccc(=O)[nH]1)N1CCC(CBr)CC1. The predicted molar refractivity (Wildman–Crippen MR) is 69.5 cm³/mol. The molecule has 17 heavy (non-hydrogen) atoms. The van der Waals surface area contributed by atoms with Crippen LogP contribution in [0.2, 0.25) is 0 Å². The van der Waals surface area contributed by atoms with Crippen molar-refractivity contribution in [3.63, 3.8) is 0 Å². The second-order valence-corrected chi connectivity index (χ2v) is 4.97. The van der Waals surface area contributed by atoms with Crippen LogP contribution < -0.4 is 5.56 Å². The molecule has 1 fully saturated rings. The Bertz CT molecular complexity index is 450. The Labute approximate surface area is 108 Å². The standard InChI is InChI=1S/C12H15BrN2O2/c13-8-9-4-6-15(7-5-9)12(17)10-2-1-3-11(16)14-10/h1-3,9H,4-8H2,(H,14,16). The van der Waals surface area contributed by atoms with Crippen molar-refractivity contribution in [2.45, 2.75) is 12.8 Å². The summed E-state index contributed by atoms with van der Waals surface area (Å²) in [6, 6.07) is 4.67. The fraction of sp³-hybridized carbons (Fsp3) is 0.500. The molecule has 4 nitrogen and oxygen atoms in total. The second kappa shape index (κ2) is 5.49. The van der Waals surface area contributed by atoms with Crippen molar-refractivity contribution in [2.75, 3.05) is 18.4 Å². The number of amides is 1. The lowest BCUT2D eigenvalue weighted by Crippen LogP contribution is -2.39. The van der Waals surface area contributed by atoms with Crippen molar-refractivity contribution in [1.82, 2.24) is 9.88 Å². The summed E-state index contributed by atoms with van der Waals surface area (Å²) >= 11 is 3.47. The third-order valence-electron chi connectivity index (χ3n) is 3.12. The van der Waals surface area contributed by atoms with Crippen molar-refractivity contribution in [2.24, 2.45) is 5.92 Å². The van der Waals surface area contributed by atoms with Crippen LogP contribution in [-0.4, -0.2) is 34.2 Å². The molecule has 0 spiro atoms. The molecule has 1 saturated heterocycles. The highest BCUT2D eigenvalue weighted by atomic mass is 79.9. The van der Waals surface area contributed by atoms with Crippen LogP contribution in [0.25, 0.3) is 0 Å². The number of hydrogen-bond acceptors (Lipinski definition) is 2. The van der Waals surface area contributed by atoms with Gasteiger partial charge in [-0.3, -0.25) is 9.59 Å². The molecular weight excluding hydrogens is 284 g/mol. The average Bonchev–Trinajstić information content (AvgIpc) is 2.38. The molecule has 5 heteroatoms. The van der Waals surface area contributed by atoms with E-state index in [1.54, 1.807) is 12.1 Å². The summed E-state index contributed by atoms with van der Waals surface area (Å²) in [7, 11) is 0. The lowest BCUT2D eigenvalue weighted by Gasteiger charge is -2.31. The number of alkyl halides is 1. The van der Waals surface area contributed by atoms with Gasteiger partial charge in [0.2, 0.25) is 5.56 Å². The number of piperidine rings is 1. The Morgan fingerprint density at radius 1 is 1.41 bits per heavy atom. The van der Waals surface area contributed by atoms with E-state index in [1.165, 1.54) is 6.07 Å². The summed E-state index contributed by atoms with van der Waals surface area (Å²) in [5, 5.41) is 0.997. The van der Waals surface area contributed by atoms with E-state index in [1.807, 2.05) is 4.90 Å². The van der Waals surface area contributed by atoms with Gasteiger partial charge in [0.15, 0.2) is 0 Å². The van der Waals surface area contributed by atoms with Gasteiger partial charge in [0.05, 0.1) is 0 Å². The Hall–Kier alpha value is -1.10. The number of hydrogen-bond donors (Lipinski definition) is 1. The highest BCUT2D eigenvalue weighted by molar-refractivity contribution is 9.09. The van der Waals surface area contributed by atoms with Crippen LogP contribution in [0.3, 0.4) is 0 Å². The van der Waals surface area contributed by atoms with Crippen LogP contribution in [0.4, 0.5) is 0 Å². The van der Waals surface area contributed by atoms with E-state index in [0.717, 1.165) is 31.3 Å². The lowest BCUT2D eigenvalue weighted by atomic mass is 9.99.